The van der Waals surface area contributed by atoms with Crippen molar-refractivity contribution in [3.8, 4) is 10.6 Å². The highest BCUT2D eigenvalue weighted by atomic mass is 32.2. The summed E-state index contributed by atoms with van der Waals surface area (Å²) in [5.41, 5.74) is 3.24. The fraction of sp³-hybridized carbons (Fsp3) is 0.273. The van der Waals surface area contributed by atoms with Crippen molar-refractivity contribution in [3.05, 3.63) is 65.9 Å². The predicted octanol–water partition coefficient (Wildman–Crippen LogP) is 4.37. The fourth-order valence-electron chi connectivity index (χ4n) is 3.16. The number of hydrogen-bond acceptors (Lipinski definition) is 9. The summed E-state index contributed by atoms with van der Waals surface area (Å²) in [7, 11) is 0. The van der Waals surface area contributed by atoms with Crippen molar-refractivity contribution in [2.75, 3.05) is 6.54 Å². The van der Waals surface area contributed by atoms with Gasteiger partial charge in [-0.25, -0.2) is 0 Å². The largest absolute Gasteiger partial charge is 0.768 e. The highest BCUT2D eigenvalue weighted by molar-refractivity contribution is 8.03. The Labute approximate surface area is 211 Å². The molecule has 0 fully saturated rings. The minimum atomic E-state index is -2.14. The number of pyridine rings is 1. The molecule has 3 aromatic rings. The molecule has 0 saturated heterocycles. The molecule has 1 aliphatic heterocycles. The minimum Gasteiger partial charge on any atom is -0.768 e. The van der Waals surface area contributed by atoms with Crippen LogP contribution in [0.3, 0.4) is 0 Å². The summed E-state index contributed by atoms with van der Waals surface area (Å²) in [6.07, 6.45) is 2.70. The number of nitrogens with zero attached hydrogens (tertiary/aromatic N) is 2. The Hall–Kier alpha value is -1.61. The molecule has 0 aliphatic carbocycles. The first-order chi connectivity index (χ1) is 16.1. The van der Waals surface area contributed by atoms with E-state index in [1.807, 2.05) is 24.3 Å². The maximum absolute atomic E-state index is 10.9. The molecule has 186 valence electrons. The first-order valence-electron chi connectivity index (χ1n) is 10.1. The van der Waals surface area contributed by atoms with Gasteiger partial charge in [-0.15, -0.1) is 11.3 Å². The van der Waals surface area contributed by atoms with Gasteiger partial charge >= 0.3 is 0 Å². The summed E-state index contributed by atoms with van der Waals surface area (Å²) in [5.74, 6) is 2.78. The molecule has 1 aliphatic rings. The van der Waals surface area contributed by atoms with Crippen LogP contribution in [-0.4, -0.2) is 55.0 Å². The van der Waals surface area contributed by atoms with Gasteiger partial charge < -0.3 is 18.2 Å². The molecule has 4 rings (SSSR count). The van der Waals surface area contributed by atoms with Gasteiger partial charge in [0.25, 0.3) is 0 Å². The van der Waals surface area contributed by atoms with Crippen LogP contribution < -0.4 is 0 Å². The Morgan fingerprint density at radius 1 is 1.06 bits per heavy atom. The monoisotopic (exact) mass is 542 g/mol. The Morgan fingerprint density at radius 2 is 1.76 bits per heavy atom. The van der Waals surface area contributed by atoms with Gasteiger partial charge in [-0.3, -0.25) is 18.3 Å². The normalized spacial score (nSPS) is 14.9. The van der Waals surface area contributed by atoms with Crippen molar-refractivity contribution in [2.45, 2.75) is 42.0 Å². The summed E-state index contributed by atoms with van der Waals surface area (Å²) in [5, 5.41) is 0. The van der Waals surface area contributed by atoms with Gasteiger partial charge in [0.2, 0.25) is 0 Å². The summed E-state index contributed by atoms with van der Waals surface area (Å²) < 4.78 is 58.4. The van der Waals surface area contributed by atoms with Crippen LogP contribution in [0.15, 0.2) is 63.8 Å². The van der Waals surface area contributed by atoms with E-state index in [9.17, 15) is 17.5 Å². The molecule has 1 aromatic carbocycles. The van der Waals surface area contributed by atoms with Crippen LogP contribution in [-0.2, 0) is 35.1 Å². The van der Waals surface area contributed by atoms with Crippen molar-refractivity contribution >= 4 is 50.4 Å². The maximum Gasteiger partial charge on any atom is 0.0802 e. The number of fused-ring (bicyclic) bond motifs is 1. The highest BCUT2D eigenvalue weighted by Crippen LogP contribution is 2.27. The molecular formula is C22H26N2O6S4-2. The van der Waals surface area contributed by atoms with Gasteiger partial charge in [0.15, 0.2) is 0 Å². The molecule has 0 spiro atoms. The summed E-state index contributed by atoms with van der Waals surface area (Å²) >= 11 is -4.65. The second-order valence-electron chi connectivity index (χ2n) is 7.39. The average molecular weight is 543 g/mol. The molecule has 8 nitrogen and oxygen atoms in total. The van der Waals surface area contributed by atoms with Gasteiger partial charge in [-0.05, 0) is 95.8 Å². The van der Waals surface area contributed by atoms with Crippen LogP contribution in [0.25, 0.3) is 10.6 Å². The first kappa shape index (κ1) is 28.6. The maximum atomic E-state index is 10.9. The van der Waals surface area contributed by atoms with E-state index >= 15 is 0 Å². The van der Waals surface area contributed by atoms with E-state index in [0.717, 1.165) is 35.6 Å². The predicted molar refractivity (Wildman–Crippen MR) is 138 cm³/mol. The molecule has 0 radical (unpaired) electrons. The molecule has 2 atom stereocenters. The highest BCUT2D eigenvalue weighted by Gasteiger charge is 2.18. The zero-order chi connectivity index (χ0) is 25.3. The Balaban J connectivity index is 0.000000209. The Kier molecular flexibility index (Phi) is 11.8. The lowest BCUT2D eigenvalue weighted by Gasteiger charge is -2.32. The van der Waals surface area contributed by atoms with E-state index in [0.29, 0.717) is 15.1 Å². The zero-order valence-corrected chi connectivity index (χ0v) is 21.9. The van der Waals surface area contributed by atoms with Crippen LogP contribution in [0.4, 0.5) is 0 Å². The SMILES string of the molecule is C=S(O)O.CC(C)N1CCc2ccc(S(=O)[O-])cc2C1.O=S([O-])c1ccc(-c2ccccn2)s1. The second-order valence-corrected chi connectivity index (χ2v) is 11.3. The lowest BCUT2D eigenvalue weighted by molar-refractivity contribution is 0.203. The minimum absolute atomic E-state index is 0.339. The molecule has 2 N–H and O–H groups in total. The lowest BCUT2D eigenvalue weighted by atomic mass is 9.99. The van der Waals surface area contributed by atoms with Crippen molar-refractivity contribution in [3.63, 3.8) is 0 Å². The fourth-order valence-corrected chi connectivity index (χ4v) is 5.01. The van der Waals surface area contributed by atoms with Crippen molar-refractivity contribution in [1.29, 1.82) is 0 Å². The third kappa shape index (κ3) is 9.21. The molecule has 34 heavy (non-hydrogen) atoms. The standard InChI is InChI=1S/C12H17NO2S.C9H7NO2S2.CH4O2S/c1-9(2)13-6-5-10-3-4-12(16(14)15)7-11(10)8-13;11-14(12)9-5-4-8(13-9)7-3-1-2-6-10-7;1-4(2)3/h3-4,7,9H,5-6,8H2,1-2H3,(H,14,15);1-6H,(H,11,12);2-3H,1H2/p-2. The molecule has 0 amide bonds. The van der Waals surface area contributed by atoms with Crippen molar-refractivity contribution in [2.24, 2.45) is 0 Å². The second kappa shape index (κ2) is 14.1. The van der Waals surface area contributed by atoms with Crippen LogP contribution in [0.5, 0.6) is 0 Å². The van der Waals surface area contributed by atoms with Crippen molar-refractivity contribution < 1.29 is 26.6 Å². The number of rotatable bonds is 4. The summed E-state index contributed by atoms with van der Waals surface area (Å²) in [6.45, 7) is 6.25. The van der Waals surface area contributed by atoms with Crippen molar-refractivity contribution in [1.82, 2.24) is 9.88 Å². The van der Waals surface area contributed by atoms with E-state index in [1.54, 1.807) is 30.5 Å². The number of benzene rings is 1. The lowest BCUT2D eigenvalue weighted by Crippen LogP contribution is -2.35. The third-order valence-electron chi connectivity index (χ3n) is 4.81. The smallest absolute Gasteiger partial charge is 0.0802 e. The number of hydrogen-bond donors (Lipinski definition) is 2. The van der Waals surface area contributed by atoms with E-state index in [4.69, 9.17) is 9.11 Å². The van der Waals surface area contributed by atoms with E-state index in [2.05, 4.69) is 29.6 Å². The molecule has 3 heterocycles. The van der Waals surface area contributed by atoms with Gasteiger partial charge in [0.05, 0.1) is 25.8 Å². The molecule has 2 unspecified atom stereocenters. The van der Waals surface area contributed by atoms with Gasteiger partial charge in [-0.1, -0.05) is 12.1 Å². The number of thiophene rings is 1. The molecular weight excluding hydrogens is 517 g/mol. The topological polar surface area (TPSA) is 137 Å². The molecule has 12 heteroatoms. The van der Waals surface area contributed by atoms with Gasteiger partial charge in [0.1, 0.15) is 0 Å². The summed E-state index contributed by atoms with van der Waals surface area (Å²) in [4.78, 5) is 7.75. The van der Waals surface area contributed by atoms with E-state index < -0.39 is 33.2 Å². The van der Waals surface area contributed by atoms with Crippen LogP contribution in [0, 0.1) is 0 Å². The average Bonchev–Trinajstić information content (AvgIpc) is 3.30. The number of aromatic nitrogens is 1. The van der Waals surface area contributed by atoms with Crippen LogP contribution in [0.1, 0.15) is 25.0 Å². The quantitative estimate of drug-likeness (QED) is 0.366. The first-order valence-corrected chi connectivity index (χ1v) is 14.3. The van der Waals surface area contributed by atoms with Gasteiger partial charge in [-0.2, -0.15) is 0 Å². The summed E-state index contributed by atoms with van der Waals surface area (Å²) in [6, 6.07) is 14.8. The molecule has 2 aromatic heterocycles. The molecule has 0 saturated carbocycles. The van der Waals surface area contributed by atoms with Gasteiger partial charge in [0, 0.05) is 30.2 Å². The Morgan fingerprint density at radius 3 is 2.29 bits per heavy atom. The van der Waals surface area contributed by atoms with Crippen LogP contribution >= 0.6 is 22.4 Å². The third-order valence-corrected chi connectivity index (χ3v) is 7.47. The van der Waals surface area contributed by atoms with Crippen LogP contribution in [0.2, 0.25) is 0 Å². The van der Waals surface area contributed by atoms with E-state index in [-0.39, 0.29) is 0 Å². The molecule has 0 bridgehead atoms. The Bertz CT molecular complexity index is 1130. The van der Waals surface area contributed by atoms with E-state index in [1.165, 1.54) is 16.9 Å². The zero-order valence-electron chi connectivity index (χ0n) is 18.7.